The van der Waals surface area contributed by atoms with Crippen molar-refractivity contribution < 1.29 is 4.42 Å². The molecule has 0 fully saturated rings. The minimum atomic E-state index is 0.0843. The van der Waals surface area contributed by atoms with E-state index in [1.54, 1.807) is 0 Å². The molecule has 0 aliphatic rings. The topological polar surface area (TPSA) is 32.5 Å². The molecule has 0 radical (unpaired) electrons. The Morgan fingerprint density at radius 3 is 1.27 bits per heavy atom. The molecule has 0 N–H and O–H groups in total. The number of nitrogens with zero attached hydrogens (tertiary/aromatic N) is 3. The van der Waals surface area contributed by atoms with E-state index in [0.29, 0.717) is 5.89 Å². The predicted molar refractivity (Wildman–Crippen MR) is 206 cm³/mol. The number of fused-ring (bicyclic) bond motifs is 1. The molecule has 0 atom stereocenters. The molecule has 0 unspecified atom stereocenters. The van der Waals surface area contributed by atoms with Crippen LogP contribution < -0.4 is 9.80 Å². The van der Waals surface area contributed by atoms with Crippen molar-refractivity contribution in [2.24, 2.45) is 0 Å². The number of hydrogen-bond donors (Lipinski definition) is 0. The third-order valence-electron chi connectivity index (χ3n) is 9.01. The third kappa shape index (κ3) is 6.73. The second-order valence-corrected chi connectivity index (χ2v) is 14.7. The number of oxazole rings is 1. The average molecular weight is 642 g/mol. The molecule has 0 bridgehead atoms. The van der Waals surface area contributed by atoms with Crippen LogP contribution in [-0.2, 0) is 10.8 Å². The maximum Gasteiger partial charge on any atom is 0.227 e. The van der Waals surface area contributed by atoms with E-state index in [2.05, 4.69) is 185 Å². The molecule has 7 rings (SSSR count). The van der Waals surface area contributed by atoms with E-state index in [4.69, 9.17) is 9.40 Å². The lowest BCUT2D eigenvalue weighted by atomic mass is 9.87. The van der Waals surface area contributed by atoms with Crippen molar-refractivity contribution in [1.29, 1.82) is 0 Å². The Labute approximate surface area is 290 Å². The predicted octanol–water partition coefficient (Wildman–Crippen LogP) is 13.0. The zero-order valence-electron chi connectivity index (χ0n) is 29.2. The van der Waals surface area contributed by atoms with Crippen LogP contribution in [0.5, 0.6) is 0 Å². The minimum absolute atomic E-state index is 0.0843. The van der Waals surface area contributed by atoms with Gasteiger partial charge in [-0.05, 0) is 107 Å². The Kier molecular flexibility index (Phi) is 8.33. The average Bonchev–Trinajstić information content (AvgIpc) is 3.53. The van der Waals surface area contributed by atoms with Crippen molar-refractivity contribution in [3.8, 4) is 11.5 Å². The highest BCUT2D eigenvalue weighted by Crippen LogP contribution is 2.39. The summed E-state index contributed by atoms with van der Waals surface area (Å²) in [5.74, 6) is 0.597. The van der Waals surface area contributed by atoms with E-state index < -0.39 is 0 Å². The first-order valence-corrected chi connectivity index (χ1v) is 17.0. The maximum atomic E-state index is 6.44. The van der Waals surface area contributed by atoms with Gasteiger partial charge in [0.1, 0.15) is 5.52 Å². The fourth-order valence-corrected chi connectivity index (χ4v) is 6.20. The summed E-state index contributed by atoms with van der Waals surface area (Å²) in [5, 5.41) is 0. The third-order valence-corrected chi connectivity index (χ3v) is 9.01. The molecule has 244 valence electrons. The van der Waals surface area contributed by atoms with Gasteiger partial charge in [-0.3, -0.25) is 0 Å². The molecule has 0 spiro atoms. The van der Waals surface area contributed by atoms with E-state index >= 15 is 0 Å². The fourth-order valence-electron chi connectivity index (χ4n) is 6.20. The van der Waals surface area contributed by atoms with Crippen LogP contribution in [0.15, 0.2) is 156 Å². The van der Waals surface area contributed by atoms with Crippen molar-refractivity contribution in [2.75, 3.05) is 9.80 Å². The number of aromatic nitrogens is 1. The van der Waals surface area contributed by atoms with Gasteiger partial charge in [0.2, 0.25) is 5.89 Å². The molecule has 7 aromatic rings. The van der Waals surface area contributed by atoms with E-state index in [1.807, 2.05) is 18.2 Å². The van der Waals surface area contributed by atoms with Gasteiger partial charge in [-0.2, -0.15) is 0 Å². The van der Waals surface area contributed by atoms with E-state index in [0.717, 1.165) is 50.8 Å². The summed E-state index contributed by atoms with van der Waals surface area (Å²) < 4.78 is 6.44. The van der Waals surface area contributed by atoms with Crippen LogP contribution in [-0.4, -0.2) is 4.98 Å². The van der Waals surface area contributed by atoms with Gasteiger partial charge in [0.25, 0.3) is 0 Å². The summed E-state index contributed by atoms with van der Waals surface area (Å²) in [7, 11) is 0. The van der Waals surface area contributed by atoms with Gasteiger partial charge in [0.05, 0.1) is 0 Å². The number of hydrogen-bond acceptors (Lipinski definition) is 4. The molecular weight excluding hydrogens is 599 g/mol. The summed E-state index contributed by atoms with van der Waals surface area (Å²) in [4.78, 5) is 9.43. The second-order valence-electron chi connectivity index (χ2n) is 14.7. The van der Waals surface area contributed by atoms with E-state index in [1.165, 1.54) is 11.1 Å². The van der Waals surface area contributed by atoms with Crippen LogP contribution >= 0.6 is 0 Å². The quantitative estimate of drug-likeness (QED) is 0.173. The molecule has 4 heteroatoms. The first-order valence-electron chi connectivity index (χ1n) is 17.0. The van der Waals surface area contributed by atoms with Gasteiger partial charge in [0.15, 0.2) is 5.58 Å². The summed E-state index contributed by atoms with van der Waals surface area (Å²) in [6.45, 7) is 13.5. The molecule has 6 aromatic carbocycles. The summed E-state index contributed by atoms with van der Waals surface area (Å²) >= 11 is 0. The molecule has 1 heterocycles. The van der Waals surface area contributed by atoms with Gasteiger partial charge in [-0.25, -0.2) is 4.98 Å². The normalized spacial score (nSPS) is 11.9. The standard InChI is InChI=1S/C45H43N3O/c1-44(2,3)33-19-25-38(26-20-33)47(35-13-9-7-10-14-35)37-23-17-32(18-24-37)43-46-41-30-29-40(31-42(41)49-43)48(36-15-11-8-12-16-36)39-27-21-34(22-28-39)45(4,5)6/h7-31H,1-6H3. The number of benzene rings is 6. The van der Waals surface area contributed by atoms with Gasteiger partial charge in [0, 0.05) is 45.8 Å². The van der Waals surface area contributed by atoms with Gasteiger partial charge in [-0.15, -0.1) is 0 Å². The van der Waals surface area contributed by atoms with Crippen LogP contribution in [0.25, 0.3) is 22.6 Å². The van der Waals surface area contributed by atoms with Crippen LogP contribution in [0.3, 0.4) is 0 Å². The van der Waals surface area contributed by atoms with Crippen LogP contribution in [0.2, 0.25) is 0 Å². The van der Waals surface area contributed by atoms with Crippen molar-refractivity contribution >= 4 is 45.2 Å². The molecule has 1 aromatic heterocycles. The highest BCUT2D eigenvalue weighted by atomic mass is 16.3. The van der Waals surface area contributed by atoms with Crippen LogP contribution in [0.1, 0.15) is 52.7 Å². The highest BCUT2D eigenvalue weighted by Gasteiger charge is 2.19. The van der Waals surface area contributed by atoms with Crippen molar-refractivity contribution in [3.05, 3.63) is 163 Å². The van der Waals surface area contributed by atoms with E-state index in [-0.39, 0.29) is 10.8 Å². The first-order chi connectivity index (χ1) is 23.5. The lowest BCUT2D eigenvalue weighted by Crippen LogP contribution is -2.13. The fraction of sp³-hybridized carbons (Fsp3) is 0.178. The lowest BCUT2D eigenvalue weighted by molar-refractivity contribution is 0.590. The summed E-state index contributed by atoms with van der Waals surface area (Å²) in [6.07, 6.45) is 0. The molecule has 4 nitrogen and oxygen atoms in total. The zero-order valence-corrected chi connectivity index (χ0v) is 29.2. The van der Waals surface area contributed by atoms with Crippen molar-refractivity contribution in [2.45, 2.75) is 52.4 Å². The maximum absolute atomic E-state index is 6.44. The molecule has 0 aliphatic heterocycles. The number of para-hydroxylation sites is 2. The Morgan fingerprint density at radius 1 is 0.429 bits per heavy atom. The van der Waals surface area contributed by atoms with Crippen LogP contribution in [0.4, 0.5) is 34.1 Å². The van der Waals surface area contributed by atoms with E-state index in [9.17, 15) is 0 Å². The number of anilines is 6. The lowest BCUT2D eigenvalue weighted by Gasteiger charge is -2.27. The Hall–Kier alpha value is -5.61. The van der Waals surface area contributed by atoms with Gasteiger partial charge >= 0.3 is 0 Å². The van der Waals surface area contributed by atoms with Gasteiger partial charge in [-0.1, -0.05) is 102 Å². The van der Waals surface area contributed by atoms with Crippen molar-refractivity contribution in [1.82, 2.24) is 4.98 Å². The molecule has 49 heavy (non-hydrogen) atoms. The molecule has 0 amide bonds. The Morgan fingerprint density at radius 2 is 0.816 bits per heavy atom. The number of rotatable bonds is 7. The van der Waals surface area contributed by atoms with Crippen molar-refractivity contribution in [3.63, 3.8) is 0 Å². The zero-order chi connectivity index (χ0) is 34.2. The van der Waals surface area contributed by atoms with Gasteiger partial charge < -0.3 is 14.2 Å². The molecular formula is C45H43N3O. The SMILES string of the molecule is CC(C)(C)c1ccc(N(c2ccccc2)c2ccc(-c3nc4ccc(N(c5ccccc5)c5ccc(C(C)(C)C)cc5)cc4o3)cc2)cc1. The summed E-state index contributed by atoms with van der Waals surface area (Å²) in [6, 6.07) is 53.3. The van der Waals surface area contributed by atoms with Crippen LogP contribution in [0, 0.1) is 0 Å². The minimum Gasteiger partial charge on any atom is -0.436 e. The first kappa shape index (κ1) is 32.0. The Balaban J connectivity index is 1.21. The highest BCUT2D eigenvalue weighted by molar-refractivity contribution is 5.86. The second kappa shape index (κ2) is 12.8. The summed E-state index contributed by atoms with van der Waals surface area (Å²) in [5.41, 5.74) is 11.7. The molecule has 0 aliphatic carbocycles. The molecule has 0 saturated carbocycles. The Bertz CT molecular complexity index is 2150. The monoisotopic (exact) mass is 641 g/mol. The molecule has 0 saturated heterocycles. The largest absolute Gasteiger partial charge is 0.436 e. The smallest absolute Gasteiger partial charge is 0.227 e.